The van der Waals surface area contributed by atoms with E-state index in [9.17, 15) is 4.79 Å². The number of rotatable bonds is 2. The number of nitrogens with zero attached hydrogens (tertiary/aromatic N) is 1. The summed E-state index contributed by atoms with van der Waals surface area (Å²) in [5, 5.41) is 1.13. The lowest BCUT2D eigenvalue weighted by molar-refractivity contribution is 0.112. The molecule has 0 aliphatic rings. The lowest BCUT2D eigenvalue weighted by Crippen LogP contribution is -1.93. The van der Waals surface area contributed by atoms with Crippen LogP contribution in [0, 0.1) is 0 Å². The highest BCUT2D eigenvalue weighted by Gasteiger charge is 2.14. The maximum atomic E-state index is 11.0. The molecule has 0 radical (unpaired) electrons. The molecule has 1 aromatic heterocycles. The van der Waals surface area contributed by atoms with Crippen LogP contribution in [0.25, 0.3) is 11.3 Å². The minimum atomic E-state index is 0.279. The maximum absolute atomic E-state index is 11.0. The van der Waals surface area contributed by atoms with Gasteiger partial charge in [0, 0.05) is 11.1 Å². The van der Waals surface area contributed by atoms with Crippen molar-refractivity contribution in [2.45, 2.75) is 0 Å². The van der Waals surface area contributed by atoms with Crippen LogP contribution in [-0.4, -0.2) is 11.3 Å². The second-order valence-electron chi connectivity index (χ2n) is 3.29. The van der Waals surface area contributed by atoms with Crippen LogP contribution in [0.1, 0.15) is 10.4 Å². The van der Waals surface area contributed by atoms with E-state index < -0.39 is 0 Å². The molecule has 0 saturated carbocycles. The monoisotopic (exact) mass is 285 g/mol. The van der Waals surface area contributed by atoms with Crippen molar-refractivity contribution in [2.75, 3.05) is 0 Å². The number of carbonyl (C=O) groups is 1. The first-order valence-corrected chi connectivity index (χ1v) is 5.83. The first-order valence-electron chi connectivity index (χ1n) is 4.69. The Morgan fingerprint density at radius 2 is 1.65 bits per heavy atom. The number of carbonyl (C=O) groups excluding carboxylic acids is 1. The number of halogens is 3. The Bertz CT molecular complexity index is 564. The van der Waals surface area contributed by atoms with E-state index in [4.69, 9.17) is 34.8 Å². The predicted octanol–water partition coefficient (Wildman–Crippen LogP) is 4.52. The highest BCUT2D eigenvalue weighted by Crippen LogP contribution is 2.35. The van der Waals surface area contributed by atoms with Gasteiger partial charge in [-0.1, -0.05) is 40.9 Å². The van der Waals surface area contributed by atoms with Gasteiger partial charge in [-0.05, 0) is 24.3 Å². The SMILES string of the molecule is O=Cc1ccc(Cl)nc1-c1c(Cl)cccc1Cl. The zero-order chi connectivity index (χ0) is 12.4. The Morgan fingerprint density at radius 3 is 2.24 bits per heavy atom. The normalized spacial score (nSPS) is 10.3. The van der Waals surface area contributed by atoms with Gasteiger partial charge < -0.3 is 0 Å². The summed E-state index contributed by atoms with van der Waals surface area (Å²) < 4.78 is 0. The van der Waals surface area contributed by atoms with E-state index in [-0.39, 0.29) is 5.15 Å². The van der Waals surface area contributed by atoms with Crippen molar-refractivity contribution in [3.05, 3.63) is 51.1 Å². The molecular formula is C12H6Cl3NO. The van der Waals surface area contributed by atoms with Gasteiger partial charge in [0.1, 0.15) is 5.15 Å². The molecule has 2 rings (SSSR count). The predicted molar refractivity (Wildman–Crippen MR) is 70.1 cm³/mol. The van der Waals surface area contributed by atoms with E-state index in [0.29, 0.717) is 33.2 Å². The highest BCUT2D eigenvalue weighted by molar-refractivity contribution is 6.39. The van der Waals surface area contributed by atoms with E-state index in [1.54, 1.807) is 30.3 Å². The largest absolute Gasteiger partial charge is 0.298 e. The van der Waals surface area contributed by atoms with Crippen molar-refractivity contribution >= 4 is 41.1 Å². The number of aldehydes is 1. The van der Waals surface area contributed by atoms with E-state index >= 15 is 0 Å². The van der Waals surface area contributed by atoms with Crippen LogP contribution in [0.5, 0.6) is 0 Å². The summed E-state index contributed by atoms with van der Waals surface area (Å²) in [7, 11) is 0. The van der Waals surface area contributed by atoms with Gasteiger partial charge in [-0.15, -0.1) is 0 Å². The Labute approximate surface area is 113 Å². The van der Waals surface area contributed by atoms with Gasteiger partial charge in [0.25, 0.3) is 0 Å². The van der Waals surface area contributed by atoms with Crippen molar-refractivity contribution in [1.82, 2.24) is 4.98 Å². The van der Waals surface area contributed by atoms with Crippen LogP contribution in [-0.2, 0) is 0 Å². The molecule has 1 aromatic carbocycles. The van der Waals surface area contributed by atoms with E-state index in [1.807, 2.05) is 0 Å². The zero-order valence-electron chi connectivity index (χ0n) is 8.45. The Hall–Kier alpha value is -1.09. The zero-order valence-corrected chi connectivity index (χ0v) is 10.7. The third-order valence-corrected chi connectivity index (χ3v) is 3.06. The van der Waals surface area contributed by atoms with Crippen LogP contribution in [0.2, 0.25) is 15.2 Å². The van der Waals surface area contributed by atoms with Crippen molar-refractivity contribution < 1.29 is 4.79 Å². The van der Waals surface area contributed by atoms with Crippen LogP contribution in [0.15, 0.2) is 30.3 Å². The molecule has 0 aliphatic carbocycles. The molecule has 5 heteroatoms. The molecule has 1 heterocycles. The van der Waals surface area contributed by atoms with Gasteiger partial charge in [0.05, 0.1) is 15.7 Å². The molecule has 0 unspecified atom stereocenters. The average molecular weight is 287 g/mol. The molecule has 0 N–H and O–H groups in total. The fourth-order valence-corrected chi connectivity index (χ4v) is 2.19. The van der Waals surface area contributed by atoms with Crippen LogP contribution < -0.4 is 0 Å². The van der Waals surface area contributed by atoms with Crippen molar-refractivity contribution in [2.24, 2.45) is 0 Å². The fraction of sp³-hybridized carbons (Fsp3) is 0. The maximum Gasteiger partial charge on any atom is 0.152 e. The number of hydrogen-bond donors (Lipinski definition) is 0. The van der Waals surface area contributed by atoms with E-state index in [1.165, 1.54) is 0 Å². The van der Waals surface area contributed by atoms with Crippen LogP contribution in [0.4, 0.5) is 0 Å². The van der Waals surface area contributed by atoms with Gasteiger partial charge >= 0.3 is 0 Å². The smallest absolute Gasteiger partial charge is 0.152 e. The Balaban J connectivity index is 2.75. The van der Waals surface area contributed by atoms with Gasteiger partial charge in [-0.2, -0.15) is 0 Å². The first kappa shape index (κ1) is 12.4. The molecular weight excluding hydrogens is 280 g/mol. The topological polar surface area (TPSA) is 30.0 Å². The molecule has 17 heavy (non-hydrogen) atoms. The molecule has 2 aromatic rings. The van der Waals surface area contributed by atoms with Gasteiger partial charge in [-0.25, -0.2) is 4.98 Å². The lowest BCUT2D eigenvalue weighted by atomic mass is 10.1. The molecule has 0 fully saturated rings. The summed E-state index contributed by atoms with van der Waals surface area (Å²) in [4.78, 5) is 15.1. The quantitative estimate of drug-likeness (QED) is 0.600. The minimum Gasteiger partial charge on any atom is -0.298 e. The van der Waals surface area contributed by atoms with Gasteiger partial charge in [0.2, 0.25) is 0 Å². The molecule has 0 atom stereocenters. The summed E-state index contributed by atoms with van der Waals surface area (Å²) in [6, 6.07) is 8.20. The summed E-state index contributed by atoms with van der Waals surface area (Å²) in [6.45, 7) is 0. The third-order valence-electron chi connectivity index (χ3n) is 2.22. The molecule has 0 bridgehead atoms. The number of pyridine rings is 1. The summed E-state index contributed by atoms with van der Waals surface area (Å²) in [6.07, 6.45) is 0.693. The lowest BCUT2D eigenvalue weighted by Gasteiger charge is -2.08. The fourth-order valence-electron chi connectivity index (χ4n) is 1.47. The second kappa shape index (κ2) is 5.05. The first-order chi connectivity index (χ1) is 8.13. The number of aromatic nitrogens is 1. The molecule has 0 amide bonds. The molecule has 2 nitrogen and oxygen atoms in total. The van der Waals surface area contributed by atoms with Crippen LogP contribution >= 0.6 is 34.8 Å². The standard InChI is InChI=1S/C12H6Cl3NO/c13-8-2-1-3-9(14)11(8)12-7(6-17)4-5-10(15)16-12/h1-6H. The number of hydrogen-bond acceptors (Lipinski definition) is 2. The summed E-state index contributed by atoms with van der Waals surface area (Å²) in [5.41, 5.74) is 1.30. The highest BCUT2D eigenvalue weighted by atomic mass is 35.5. The average Bonchev–Trinajstić information content (AvgIpc) is 2.29. The Morgan fingerprint density at radius 1 is 1.00 bits per heavy atom. The molecule has 86 valence electrons. The molecule has 0 aliphatic heterocycles. The third kappa shape index (κ3) is 2.44. The second-order valence-corrected chi connectivity index (χ2v) is 4.49. The van der Waals surface area contributed by atoms with Crippen molar-refractivity contribution in [3.8, 4) is 11.3 Å². The van der Waals surface area contributed by atoms with Crippen LogP contribution in [0.3, 0.4) is 0 Å². The van der Waals surface area contributed by atoms with Crippen molar-refractivity contribution in [1.29, 1.82) is 0 Å². The summed E-state index contributed by atoms with van der Waals surface area (Å²) in [5.74, 6) is 0. The molecule has 0 saturated heterocycles. The summed E-state index contributed by atoms with van der Waals surface area (Å²) >= 11 is 17.9. The van der Waals surface area contributed by atoms with E-state index in [2.05, 4.69) is 4.98 Å². The van der Waals surface area contributed by atoms with Crippen molar-refractivity contribution in [3.63, 3.8) is 0 Å². The minimum absolute atomic E-state index is 0.279. The number of benzene rings is 1. The van der Waals surface area contributed by atoms with E-state index in [0.717, 1.165) is 0 Å². The van der Waals surface area contributed by atoms with Gasteiger partial charge in [0.15, 0.2) is 6.29 Å². The Kier molecular flexibility index (Phi) is 3.67. The van der Waals surface area contributed by atoms with Gasteiger partial charge in [-0.3, -0.25) is 4.79 Å². The molecule has 0 spiro atoms.